The highest BCUT2D eigenvalue weighted by atomic mass is 35.5. The van der Waals surface area contributed by atoms with Crippen LogP contribution in [0.5, 0.6) is 11.5 Å². The van der Waals surface area contributed by atoms with Crippen molar-refractivity contribution >= 4 is 11.6 Å². The van der Waals surface area contributed by atoms with Crippen LogP contribution in [0.15, 0.2) is 35.9 Å². The minimum Gasteiger partial charge on any atom is -0.507 e. The highest BCUT2D eigenvalue weighted by Crippen LogP contribution is 2.46. The lowest BCUT2D eigenvalue weighted by Gasteiger charge is -2.33. The fraction of sp³-hybridized carbons (Fsp3) is 0.375. The summed E-state index contributed by atoms with van der Waals surface area (Å²) in [5.74, 6) is -0.321. The topological polar surface area (TPSA) is 60.7 Å². The van der Waals surface area contributed by atoms with Gasteiger partial charge < -0.3 is 15.3 Å². The van der Waals surface area contributed by atoms with Gasteiger partial charge in [-0.3, -0.25) is 0 Å². The zero-order chi connectivity index (χ0) is 15.0. The molecule has 1 aromatic carbocycles. The van der Waals surface area contributed by atoms with E-state index in [1.165, 1.54) is 12.1 Å². The van der Waals surface area contributed by atoms with E-state index in [-0.39, 0.29) is 28.4 Å². The van der Waals surface area contributed by atoms with Crippen LogP contribution in [0.25, 0.3) is 0 Å². The molecular weight excluding hydrogens is 276 g/mol. The Morgan fingerprint density at radius 1 is 1.30 bits per heavy atom. The molecular formula is C16H19ClO3. The number of phenols is 2. The molecule has 0 saturated heterocycles. The third-order valence-electron chi connectivity index (χ3n) is 3.95. The van der Waals surface area contributed by atoms with E-state index in [1.54, 1.807) is 0 Å². The Kier molecular flexibility index (Phi) is 4.11. The summed E-state index contributed by atoms with van der Waals surface area (Å²) in [4.78, 5) is 0. The second kappa shape index (κ2) is 5.51. The summed E-state index contributed by atoms with van der Waals surface area (Å²) in [6, 6.07) is 2.83. The quantitative estimate of drug-likeness (QED) is 0.728. The standard InChI is InChI=1S/C16H19ClO3/c1-8(2)11-7-13(18)9(3)4-12(11)16-14(19)5-10(17)6-15(16)20/h4-6,11-13,18-20H,1,7H2,2-3H3/t11-,12+,13-/m0/s1. The molecule has 3 N–H and O–H groups in total. The van der Waals surface area contributed by atoms with Crippen LogP contribution in [0.2, 0.25) is 5.02 Å². The molecule has 20 heavy (non-hydrogen) atoms. The largest absolute Gasteiger partial charge is 0.507 e. The van der Waals surface area contributed by atoms with Crippen LogP contribution in [0, 0.1) is 5.92 Å². The maximum Gasteiger partial charge on any atom is 0.124 e. The molecule has 108 valence electrons. The first-order valence-corrected chi connectivity index (χ1v) is 6.92. The Balaban J connectivity index is 2.56. The number of aromatic hydroxyl groups is 2. The van der Waals surface area contributed by atoms with Gasteiger partial charge in [-0.05, 0) is 43.9 Å². The van der Waals surface area contributed by atoms with Crippen molar-refractivity contribution in [1.29, 1.82) is 0 Å². The molecule has 0 aromatic heterocycles. The van der Waals surface area contributed by atoms with Gasteiger partial charge in [0, 0.05) is 16.5 Å². The molecule has 0 radical (unpaired) electrons. The van der Waals surface area contributed by atoms with Gasteiger partial charge in [0.25, 0.3) is 0 Å². The van der Waals surface area contributed by atoms with Gasteiger partial charge in [0.15, 0.2) is 0 Å². The Labute approximate surface area is 123 Å². The molecule has 3 atom stereocenters. The van der Waals surface area contributed by atoms with Gasteiger partial charge in [-0.25, -0.2) is 0 Å². The molecule has 4 heteroatoms. The molecule has 2 rings (SSSR count). The van der Waals surface area contributed by atoms with Crippen LogP contribution in [0.3, 0.4) is 0 Å². The van der Waals surface area contributed by atoms with Crippen LogP contribution < -0.4 is 0 Å². The second-order valence-electron chi connectivity index (χ2n) is 5.50. The summed E-state index contributed by atoms with van der Waals surface area (Å²) in [6.07, 6.45) is 1.91. The Morgan fingerprint density at radius 2 is 1.85 bits per heavy atom. The second-order valence-corrected chi connectivity index (χ2v) is 5.93. The van der Waals surface area contributed by atoms with Crippen LogP contribution in [-0.2, 0) is 0 Å². The van der Waals surface area contributed by atoms with Crippen LogP contribution in [-0.4, -0.2) is 21.4 Å². The molecule has 0 spiro atoms. The molecule has 1 aromatic rings. The van der Waals surface area contributed by atoms with Gasteiger partial charge >= 0.3 is 0 Å². The first kappa shape index (κ1) is 14.9. The van der Waals surface area contributed by atoms with Gasteiger partial charge in [-0.15, -0.1) is 0 Å². The number of halogens is 1. The number of phenolic OH excluding ortho intramolecular Hbond substituents is 2. The minimum atomic E-state index is -0.510. The molecule has 1 aliphatic rings. The lowest BCUT2D eigenvalue weighted by Crippen LogP contribution is -2.26. The highest BCUT2D eigenvalue weighted by molar-refractivity contribution is 6.30. The summed E-state index contributed by atoms with van der Waals surface area (Å²) in [5, 5.41) is 30.5. The average molecular weight is 295 g/mol. The Bertz CT molecular complexity index is 554. The Morgan fingerprint density at radius 3 is 2.35 bits per heavy atom. The number of hydrogen-bond donors (Lipinski definition) is 3. The van der Waals surface area contributed by atoms with Crippen molar-refractivity contribution in [3.05, 3.63) is 46.5 Å². The predicted octanol–water partition coefficient (Wildman–Crippen LogP) is 3.74. The van der Waals surface area contributed by atoms with E-state index in [9.17, 15) is 15.3 Å². The molecule has 0 saturated carbocycles. The normalized spacial score (nSPS) is 26.2. The SMILES string of the molecule is C=C(C)[C@@H]1C[C@H](O)C(C)=C[C@H]1c1c(O)cc(Cl)cc1O. The maximum absolute atomic E-state index is 10.1. The van der Waals surface area contributed by atoms with Crippen molar-refractivity contribution in [2.24, 2.45) is 5.92 Å². The monoisotopic (exact) mass is 294 g/mol. The molecule has 0 unspecified atom stereocenters. The van der Waals surface area contributed by atoms with Gasteiger partial charge in [0.1, 0.15) is 11.5 Å². The first-order valence-electron chi connectivity index (χ1n) is 6.54. The maximum atomic E-state index is 10.1. The van der Waals surface area contributed by atoms with Crippen molar-refractivity contribution in [3.8, 4) is 11.5 Å². The number of aliphatic hydroxyl groups is 1. The van der Waals surface area contributed by atoms with E-state index < -0.39 is 6.10 Å². The molecule has 0 bridgehead atoms. The van der Waals surface area contributed by atoms with Gasteiger partial charge in [-0.2, -0.15) is 0 Å². The number of hydrogen-bond acceptors (Lipinski definition) is 3. The summed E-state index contributed by atoms with van der Waals surface area (Å²) in [5.41, 5.74) is 2.18. The molecule has 1 aliphatic carbocycles. The fourth-order valence-electron chi connectivity index (χ4n) is 2.81. The van der Waals surface area contributed by atoms with Crippen LogP contribution in [0.1, 0.15) is 31.7 Å². The number of aliphatic hydroxyl groups excluding tert-OH is 1. The number of benzene rings is 1. The van der Waals surface area contributed by atoms with Gasteiger partial charge in [0.05, 0.1) is 6.10 Å². The smallest absolute Gasteiger partial charge is 0.124 e. The van der Waals surface area contributed by atoms with Crippen LogP contribution >= 0.6 is 11.6 Å². The summed E-state index contributed by atoms with van der Waals surface area (Å²) in [6.45, 7) is 7.70. The number of rotatable bonds is 2. The zero-order valence-electron chi connectivity index (χ0n) is 11.6. The molecule has 3 nitrogen and oxygen atoms in total. The Hall–Kier alpha value is -1.45. The van der Waals surface area contributed by atoms with E-state index in [0.717, 1.165) is 11.1 Å². The molecule has 0 heterocycles. The lowest BCUT2D eigenvalue weighted by molar-refractivity contribution is 0.168. The van der Waals surface area contributed by atoms with Gasteiger partial charge in [-0.1, -0.05) is 29.8 Å². The van der Waals surface area contributed by atoms with Crippen LogP contribution in [0.4, 0.5) is 0 Å². The van der Waals surface area contributed by atoms with Crippen molar-refractivity contribution < 1.29 is 15.3 Å². The average Bonchev–Trinajstić information content (AvgIpc) is 2.31. The van der Waals surface area contributed by atoms with Crippen molar-refractivity contribution in [3.63, 3.8) is 0 Å². The summed E-state index contributed by atoms with van der Waals surface area (Å²) < 4.78 is 0. The summed E-state index contributed by atoms with van der Waals surface area (Å²) in [7, 11) is 0. The van der Waals surface area contributed by atoms with E-state index in [1.807, 2.05) is 19.9 Å². The van der Waals surface area contributed by atoms with E-state index in [0.29, 0.717) is 12.0 Å². The fourth-order valence-corrected chi connectivity index (χ4v) is 3.01. The molecule has 0 aliphatic heterocycles. The molecule has 0 amide bonds. The lowest BCUT2D eigenvalue weighted by atomic mass is 9.73. The summed E-state index contributed by atoms with van der Waals surface area (Å²) >= 11 is 5.82. The highest BCUT2D eigenvalue weighted by Gasteiger charge is 2.33. The minimum absolute atomic E-state index is 0.0355. The third-order valence-corrected chi connectivity index (χ3v) is 4.16. The van der Waals surface area contributed by atoms with Gasteiger partial charge in [0.2, 0.25) is 0 Å². The predicted molar refractivity (Wildman–Crippen MR) is 80.2 cm³/mol. The van der Waals surface area contributed by atoms with E-state index >= 15 is 0 Å². The third kappa shape index (κ3) is 2.69. The van der Waals surface area contributed by atoms with E-state index in [2.05, 4.69) is 6.58 Å². The number of allylic oxidation sites excluding steroid dienone is 2. The zero-order valence-corrected chi connectivity index (χ0v) is 12.4. The van der Waals surface area contributed by atoms with Crippen molar-refractivity contribution in [2.75, 3.05) is 0 Å². The first-order chi connectivity index (χ1) is 9.31. The van der Waals surface area contributed by atoms with E-state index in [4.69, 9.17) is 11.6 Å². The van der Waals surface area contributed by atoms with Crippen molar-refractivity contribution in [2.45, 2.75) is 32.3 Å². The molecule has 0 fully saturated rings. The van der Waals surface area contributed by atoms with Crippen molar-refractivity contribution in [1.82, 2.24) is 0 Å².